The van der Waals surface area contributed by atoms with Crippen LogP contribution in [-0.4, -0.2) is 66.2 Å². The lowest BCUT2D eigenvalue weighted by molar-refractivity contribution is 0.143. The fourth-order valence-corrected chi connectivity index (χ4v) is 3.57. The van der Waals surface area contributed by atoms with Gasteiger partial charge in [-0.1, -0.05) is 6.07 Å². The molecule has 4 rings (SSSR count). The van der Waals surface area contributed by atoms with Crippen molar-refractivity contribution in [2.75, 3.05) is 45.7 Å². The molecular weight excluding hydrogens is 382 g/mol. The molecule has 1 fully saturated rings. The summed E-state index contributed by atoms with van der Waals surface area (Å²) in [6.45, 7) is 3.78. The summed E-state index contributed by atoms with van der Waals surface area (Å²) in [5.74, 6) is 1.25. The maximum atomic E-state index is 12.7. The number of fused-ring (bicyclic) bond motifs is 1. The highest BCUT2D eigenvalue weighted by molar-refractivity contribution is 5.91. The average molecular weight is 407 g/mol. The van der Waals surface area contributed by atoms with E-state index >= 15 is 0 Å². The molecule has 8 heteroatoms. The molecule has 1 aromatic heterocycles. The maximum absolute atomic E-state index is 12.7. The molecule has 30 heavy (non-hydrogen) atoms. The van der Waals surface area contributed by atoms with E-state index in [-0.39, 0.29) is 6.03 Å². The van der Waals surface area contributed by atoms with E-state index in [0.29, 0.717) is 30.3 Å². The monoisotopic (exact) mass is 407 g/mol. The minimum absolute atomic E-state index is 0.126. The van der Waals surface area contributed by atoms with Crippen molar-refractivity contribution in [1.82, 2.24) is 19.8 Å². The molecule has 0 unspecified atom stereocenters. The van der Waals surface area contributed by atoms with Crippen LogP contribution in [0, 0.1) is 0 Å². The Labute approximate surface area is 175 Å². The Morgan fingerprint density at radius 1 is 0.967 bits per heavy atom. The fourth-order valence-electron chi connectivity index (χ4n) is 3.57. The molecule has 2 amide bonds. The number of hydrogen-bond acceptors (Lipinski definition) is 6. The first-order valence-electron chi connectivity index (χ1n) is 9.86. The molecule has 1 N–H and O–H groups in total. The molecule has 0 aliphatic carbocycles. The zero-order valence-corrected chi connectivity index (χ0v) is 17.2. The molecule has 1 aliphatic heterocycles. The minimum atomic E-state index is -0.126. The molecule has 3 aromatic rings. The molecular formula is C22H25N5O3. The van der Waals surface area contributed by atoms with Crippen LogP contribution in [0.15, 0.2) is 48.8 Å². The van der Waals surface area contributed by atoms with Crippen LogP contribution in [0.5, 0.6) is 11.5 Å². The predicted molar refractivity (Wildman–Crippen MR) is 115 cm³/mol. The summed E-state index contributed by atoms with van der Waals surface area (Å²) in [5, 5.41) is 2.94. The van der Waals surface area contributed by atoms with Crippen molar-refractivity contribution in [2.45, 2.75) is 6.54 Å². The number of aromatic nitrogens is 2. The lowest BCUT2D eigenvalue weighted by atomic mass is 10.1. The number of methoxy groups -OCH3 is 2. The largest absolute Gasteiger partial charge is 0.497 e. The summed E-state index contributed by atoms with van der Waals surface area (Å²) in [5.41, 5.74) is 3.63. The van der Waals surface area contributed by atoms with E-state index in [1.165, 1.54) is 5.56 Å². The first-order chi connectivity index (χ1) is 14.7. The van der Waals surface area contributed by atoms with E-state index in [1.807, 2.05) is 11.0 Å². The number of benzene rings is 2. The Morgan fingerprint density at radius 2 is 1.73 bits per heavy atom. The summed E-state index contributed by atoms with van der Waals surface area (Å²) in [6, 6.07) is 11.4. The highest BCUT2D eigenvalue weighted by atomic mass is 16.5. The van der Waals surface area contributed by atoms with E-state index in [2.05, 4.69) is 32.3 Å². The molecule has 0 saturated carbocycles. The molecule has 2 heterocycles. The Morgan fingerprint density at radius 3 is 2.47 bits per heavy atom. The number of urea groups is 1. The van der Waals surface area contributed by atoms with Crippen LogP contribution in [0.25, 0.3) is 11.0 Å². The molecule has 2 aromatic carbocycles. The van der Waals surface area contributed by atoms with Crippen molar-refractivity contribution in [3.63, 3.8) is 0 Å². The van der Waals surface area contributed by atoms with Gasteiger partial charge in [0.25, 0.3) is 0 Å². The molecule has 156 valence electrons. The standard InChI is InChI=1S/C22H25N5O3/c1-29-17-4-6-19(21(14-17)30-2)25-22(28)27-11-9-26(10-12-27)15-16-3-5-18-20(13-16)24-8-7-23-18/h3-8,13-14H,9-12,15H2,1-2H3,(H,25,28). The van der Waals surface area contributed by atoms with Gasteiger partial charge in [0, 0.05) is 51.2 Å². The average Bonchev–Trinajstić information content (AvgIpc) is 2.79. The van der Waals surface area contributed by atoms with Crippen molar-refractivity contribution in [3.8, 4) is 11.5 Å². The Balaban J connectivity index is 1.33. The lowest BCUT2D eigenvalue weighted by Gasteiger charge is -2.34. The predicted octanol–water partition coefficient (Wildman–Crippen LogP) is 3.00. The number of carbonyl (C=O) groups excluding carboxylic acids is 1. The van der Waals surface area contributed by atoms with Crippen LogP contribution in [-0.2, 0) is 6.54 Å². The molecule has 8 nitrogen and oxygen atoms in total. The van der Waals surface area contributed by atoms with Gasteiger partial charge < -0.3 is 19.7 Å². The van der Waals surface area contributed by atoms with E-state index in [1.54, 1.807) is 44.8 Å². The van der Waals surface area contributed by atoms with E-state index in [9.17, 15) is 4.79 Å². The van der Waals surface area contributed by atoms with Crippen LogP contribution in [0.3, 0.4) is 0 Å². The number of nitrogens with zero attached hydrogens (tertiary/aromatic N) is 4. The van der Waals surface area contributed by atoms with E-state index in [0.717, 1.165) is 30.7 Å². The van der Waals surface area contributed by atoms with Crippen molar-refractivity contribution in [1.29, 1.82) is 0 Å². The van der Waals surface area contributed by atoms with Crippen LogP contribution < -0.4 is 14.8 Å². The number of piperazine rings is 1. The fraction of sp³-hybridized carbons (Fsp3) is 0.318. The van der Waals surface area contributed by atoms with Gasteiger partial charge in [0.2, 0.25) is 0 Å². The van der Waals surface area contributed by atoms with Gasteiger partial charge in [-0.05, 0) is 29.8 Å². The number of hydrogen-bond donors (Lipinski definition) is 1. The molecule has 0 atom stereocenters. The van der Waals surface area contributed by atoms with Gasteiger partial charge >= 0.3 is 6.03 Å². The Kier molecular flexibility index (Phi) is 5.94. The number of ether oxygens (including phenoxy) is 2. The number of carbonyl (C=O) groups is 1. The van der Waals surface area contributed by atoms with Crippen LogP contribution in [0.4, 0.5) is 10.5 Å². The molecule has 0 radical (unpaired) electrons. The van der Waals surface area contributed by atoms with Crippen LogP contribution >= 0.6 is 0 Å². The molecule has 1 saturated heterocycles. The topological polar surface area (TPSA) is 79.8 Å². The van der Waals surface area contributed by atoms with Crippen molar-refractivity contribution in [2.24, 2.45) is 0 Å². The summed E-state index contributed by atoms with van der Waals surface area (Å²) in [4.78, 5) is 25.6. The molecule has 0 spiro atoms. The number of nitrogens with one attached hydrogen (secondary N) is 1. The van der Waals surface area contributed by atoms with Crippen molar-refractivity contribution < 1.29 is 14.3 Å². The van der Waals surface area contributed by atoms with Gasteiger partial charge in [-0.2, -0.15) is 0 Å². The van der Waals surface area contributed by atoms with Gasteiger partial charge in [-0.25, -0.2) is 4.79 Å². The summed E-state index contributed by atoms with van der Waals surface area (Å²) in [7, 11) is 3.17. The van der Waals surface area contributed by atoms with Crippen LogP contribution in [0.2, 0.25) is 0 Å². The third-order valence-corrected chi connectivity index (χ3v) is 5.25. The second-order valence-electron chi connectivity index (χ2n) is 7.14. The maximum Gasteiger partial charge on any atom is 0.322 e. The number of anilines is 1. The first-order valence-corrected chi connectivity index (χ1v) is 9.86. The molecule has 1 aliphatic rings. The second kappa shape index (κ2) is 8.96. The van der Waals surface area contributed by atoms with Gasteiger partial charge in [0.1, 0.15) is 11.5 Å². The van der Waals surface area contributed by atoms with Gasteiger partial charge in [-0.3, -0.25) is 14.9 Å². The van der Waals surface area contributed by atoms with E-state index in [4.69, 9.17) is 9.47 Å². The zero-order chi connectivity index (χ0) is 20.9. The highest BCUT2D eigenvalue weighted by Crippen LogP contribution is 2.29. The first kappa shape index (κ1) is 19.9. The minimum Gasteiger partial charge on any atom is -0.497 e. The van der Waals surface area contributed by atoms with Gasteiger partial charge in [0.15, 0.2) is 0 Å². The second-order valence-corrected chi connectivity index (χ2v) is 7.14. The Hall–Kier alpha value is -3.39. The van der Waals surface area contributed by atoms with Crippen molar-refractivity contribution >= 4 is 22.8 Å². The van der Waals surface area contributed by atoms with Crippen molar-refractivity contribution in [3.05, 3.63) is 54.4 Å². The van der Waals surface area contributed by atoms with Crippen LogP contribution in [0.1, 0.15) is 5.56 Å². The summed E-state index contributed by atoms with van der Waals surface area (Å²) in [6.07, 6.45) is 3.41. The smallest absolute Gasteiger partial charge is 0.322 e. The van der Waals surface area contributed by atoms with E-state index < -0.39 is 0 Å². The SMILES string of the molecule is COc1ccc(NC(=O)N2CCN(Cc3ccc4nccnc4c3)CC2)c(OC)c1. The normalized spacial score (nSPS) is 14.5. The third-order valence-electron chi connectivity index (χ3n) is 5.25. The van der Waals surface area contributed by atoms with Gasteiger partial charge in [-0.15, -0.1) is 0 Å². The summed E-state index contributed by atoms with van der Waals surface area (Å²) < 4.78 is 10.6. The lowest BCUT2D eigenvalue weighted by Crippen LogP contribution is -2.49. The molecule has 0 bridgehead atoms. The highest BCUT2D eigenvalue weighted by Gasteiger charge is 2.22. The third kappa shape index (κ3) is 4.44. The number of rotatable bonds is 5. The summed E-state index contributed by atoms with van der Waals surface area (Å²) >= 11 is 0. The Bertz CT molecular complexity index is 1030. The zero-order valence-electron chi connectivity index (χ0n) is 17.2. The van der Waals surface area contributed by atoms with Gasteiger partial charge in [0.05, 0.1) is 30.9 Å². The number of amides is 2. The quantitative estimate of drug-likeness (QED) is 0.700.